The van der Waals surface area contributed by atoms with Crippen LogP contribution in [0, 0.1) is 23.7 Å². The second-order valence-electron chi connectivity index (χ2n) is 10.1. The molecule has 1 spiro atoms. The molecule has 3 fully saturated rings. The average molecular weight is 481 g/mol. The van der Waals surface area contributed by atoms with Crippen molar-refractivity contribution in [1.29, 1.82) is 0 Å². The van der Waals surface area contributed by atoms with Crippen molar-refractivity contribution in [3.63, 3.8) is 0 Å². The Morgan fingerprint density at radius 3 is 2.61 bits per heavy atom. The number of aliphatic carboxylic acids is 1. The van der Waals surface area contributed by atoms with Gasteiger partial charge in [0.25, 0.3) is 0 Å². The Morgan fingerprint density at radius 2 is 2.06 bits per heavy atom. The van der Waals surface area contributed by atoms with Gasteiger partial charge in [-0.3, -0.25) is 14.4 Å². The summed E-state index contributed by atoms with van der Waals surface area (Å²) in [6.07, 6.45) is 6.04. The first-order valence-electron chi connectivity index (χ1n) is 12.4. The molecule has 2 N–H and O–H groups in total. The van der Waals surface area contributed by atoms with Crippen LogP contribution in [0.25, 0.3) is 0 Å². The third-order valence-electron chi connectivity index (χ3n) is 8.24. The molecule has 3 aliphatic heterocycles. The van der Waals surface area contributed by atoms with Crippen LogP contribution in [-0.4, -0.2) is 79.6 Å². The fourth-order valence-corrected chi connectivity index (χ4v) is 8.76. The van der Waals surface area contributed by atoms with Gasteiger partial charge < -0.3 is 20.0 Å². The predicted molar refractivity (Wildman–Crippen MR) is 130 cm³/mol. The van der Waals surface area contributed by atoms with E-state index < -0.39 is 34.6 Å². The van der Waals surface area contributed by atoms with E-state index in [4.69, 9.17) is 0 Å². The zero-order chi connectivity index (χ0) is 24.5. The number of amides is 2. The number of rotatable bonds is 12. The van der Waals surface area contributed by atoms with Gasteiger partial charge in [-0.05, 0) is 24.7 Å². The number of fused-ring (bicyclic) bond motifs is 1. The first-order valence-corrected chi connectivity index (χ1v) is 13.3. The van der Waals surface area contributed by atoms with Crippen LogP contribution in [0.5, 0.6) is 0 Å². The minimum absolute atomic E-state index is 0.0155. The molecule has 3 heterocycles. The van der Waals surface area contributed by atoms with E-state index in [-0.39, 0.29) is 35.5 Å². The van der Waals surface area contributed by atoms with Crippen LogP contribution in [0.2, 0.25) is 0 Å². The van der Waals surface area contributed by atoms with Crippen molar-refractivity contribution < 1.29 is 24.6 Å². The normalized spacial score (nSPS) is 34.3. The maximum atomic E-state index is 14.2. The molecule has 3 aliphatic rings. The number of hydrogen-bond acceptors (Lipinski definition) is 5. The van der Waals surface area contributed by atoms with Gasteiger partial charge in [-0.25, -0.2) is 0 Å². The molecule has 186 valence electrons. The third kappa shape index (κ3) is 4.11. The number of unbranched alkanes of at least 4 members (excludes halogenated alkanes) is 2. The van der Waals surface area contributed by atoms with E-state index in [1.807, 2.05) is 13.8 Å². The topological polar surface area (TPSA) is 98.2 Å². The summed E-state index contributed by atoms with van der Waals surface area (Å²) >= 11 is 1.55. The molecule has 8 atom stereocenters. The molecule has 33 heavy (non-hydrogen) atoms. The highest BCUT2D eigenvalue weighted by Crippen LogP contribution is 2.69. The summed E-state index contributed by atoms with van der Waals surface area (Å²) in [6.45, 7) is 12.7. The lowest BCUT2D eigenvalue weighted by molar-refractivity contribution is -0.150. The van der Waals surface area contributed by atoms with Crippen LogP contribution < -0.4 is 0 Å². The summed E-state index contributed by atoms with van der Waals surface area (Å²) in [5.74, 6) is -2.86. The molecule has 0 radical (unpaired) electrons. The van der Waals surface area contributed by atoms with Gasteiger partial charge in [0, 0.05) is 18.3 Å². The lowest BCUT2D eigenvalue weighted by Gasteiger charge is -2.43. The number of likely N-dealkylation sites (tertiary alicyclic amines) is 1. The molecule has 8 heteroatoms. The van der Waals surface area contributed by atoms with E-state index in [2.05, 4.69) is 20.4 Å². The molecule has 7 nitrogen and oxygen atoms in total. The second-order valence-corrected chi connectivity index (χ2v) is 11.6. The third-order valence-corrected chi connectivity index (χ3v) is 10.3. The number of carboxylic acids is 1. The van der Waals surface area contributed by atoms with Crippen LogP contribution in [0.15, 0.2) is 12.7 Å². The number of nitrogens with zero attached hydrogens (tertiary/aromatic N) is 2. The zero-order valence-electron chi connectivity index (χ0n) is 20.4. The Morgan fingerprint density at radius 1 is 1.36 bits per heavy atom. The van der Waals surface area contributed by atoms with Gasteiger partial charge in [0.15, 0.2) is 0 Å². The summed E-state index contributed by atoms with van der Waals surface area (Å²) in [4.78, 5) is 43.8. The molecule has 2 amide bonds. The quantitative estimate of drug-likeness (QED) is 0.329. The number of aliphatic hydroxyl groups is 1. The van der Waals surface area contributed by atoms with Crippen molar-refractivity contribution in [2.75, 3.05) is 19.7 Å². The fraction of sp³-hybridized carbons (Fsp3) is 0.800. The molecule has 0 aliphatic carbocycles. The maximum Gasteiger partial charge on any atom is 0.308 e. The van der Waals surface area contributed by atoms with Gasteiger partial charge in [-0.1, -0.05) is 53.0 Å². The molecule has 3 rings (SSSR count). The van der Waals surface area contributed by atoms with Gasteiger partial charge >= 0.3 is 5.97 Å². The zero-order valence-corrected chi connectivity index (χ0v) is 21.2. The first-order chi connectivity index (χ1) is 15.7. The van der Waals surface area contributed by atoms with Crippen molar-refractivity contribution in [2.24, 2.45) is 23.7 Å². The molecule has 0 aromatic heterocycles. The van der Waals surface area contributed by atoms with Gasteiger partial charge in [-0.15, -0.1) is 18.3 Å². The minimum atomic E-state index is -0.956. The van der Waals surface area contributed by atoms with Crippen molar-refractivity contribution in [3.05, 3.63) is 12.7 Å². The molecular weight excluding hydrogens is 440 g/mol. The molecule has 0 aromatic rings. The summed E-state index contributed by atoms with van der Waals surface area (Å²) < 4.78 is -0.771. The Balaban J connectivity index is 2.11. The molecule has 0 saturated carbocycles. The number of hydrogen-bond donors (Lipinski definition) is 2. The van der Waals surface area contributed by atoms with Crippen LogP contribution in [0.4, 0.5) is 0 Å². The highest BCUT2D eigenvalue weighted by molar-refractivity contribution is 8.02. The summed E-state index contributed by atoms with van der Waals surface area (Å²) in [5, 5.41) is 20.2. The van der Waals surface area contributed by atoms with Gasteiger partial charge in [-0.2, -0.15) is 0 Å². The standard InChI is InChI=1S/C25H40N2O5S/c1-6-9-10-12-26(11-7-2)23(30)21-25-16(5)13-18(33-25)19(24(31)32)20(25)22(29)27(21)17(14-28)15(4)8-3/h7,15-21,28H,2,6,8-14H2,1,3-5H3,(H,31,32)/t15-,16?,17-,18+,19-,20-,21?,25?/m0/s1. The van der Waals surface area contributed by atoms with E-state index in [9.17, 15) is 24.6 Å². The minimum Gasteiger partial charge on any atom is -0.481 e. The van der Waals surface area contributed by atoms with Crippen LogP contribution >= 0.6 is 11.8 Å². The summed E-state index contributed by atoms with van der Waals surface area (Å²) in [5.41, 5.74) is 0. The Hall–Kier alpha value is -1.54. The van der Waals surface area contributed by atoms with Crippen LogP contribution in [0.3, 0.4) is 0 Å². The van der Waals surface area contributed by atoms with Gasteiger partial charge in [0.1, 0.15) is 6.04 Å². The van der Waals surface area contributed by atoms with Crippen molar-refractivity contribution in [1.82, 2.24) is 9.80 Å². The summed E-state index contributed by atoms with van der Waals surface area (Å²) in [7, 11) is 0. The van der Waals surface area contributed by atoms with Crippen LogP contribution in [-0.2, 0) is 14.4 Å². The number of carbonyl (C=O) groups is 3. The van der Waals surface area contributed by atoms with Crippen molar-refractivity contribution in [3.8, 4) is 0 Å². The first kappa shape index (κ1) is 26.1. The van der Waals surface area contributed by atoms with Gasteiger partial charge in [0.2, 0.25) is 11.8 Å². The Kier molecular flexibility index (Phi) is 8.20. The summed E-state index contributed by atoms with van der Waals surface area (Å²) in [6, 6.07) is -1.28. The van der Waals surface area contributed by atoms with Crippen molar-refractivity contribution >= 4 is 29.5 Å². The van der Waals surface area contributed by atoms with Gasteiger partial charge in [0.05, 0.1) is 29.2 Å². The second kappa shape index (κ2) is 10.4. The number of aliphatic hydroxyl groups excluding tert-OH is 1. The monoisotopic (exact) mass is 480 g/mol. The number of carbonyl (C=O) groups excluding carboxylic acids is 2. The SMILES string of the molecule is C=CCN(CCCCC)C(=O)C1N([C@@H](CO)[C@@H](C)CC)C(=O)[C@@H]2[C@@H](C(=O)O)[C@H]3CC(C)C12S3. The smallest absolute Gasteiger partial charge is 0.308 e. The number of thioether (sulfide) groups is 1. The Bertz CT molecular complexity index is 776. The predicted octanol–water partition coefficient (Wildman–Crippen LogP) is 3.02. The van der Waals surface area contributed by atoms with Crippen LogP contribution in [0.1, 0.15) is 59.8 Å². The molecular formula is C25H40N2O5S. The lowest BCUT2D eigenvalue weighted by atomic mass is 9.66. The van der Waals surface area contributed by atoms with E-state index in [1.165, 1.54) is 0 Å². The largest absolute Gasteiger partial charge is 0.481 e. The fourth-order valence-electron chi connectivity index (χ4n) is 6.37. The van der Waals surface area contributed by atoms with E-state index >= 15 is 0 Å². The number of carboxylic acid groups (broad SMARTS) is 1. The highest BCUT2D eigenvalue weighted by atomic mass is 32.2. The molecule has 3 unspecified atom stereocenters. The van der Waals surface area contributed by atoms with E-state index in [0.717, 1.165) is 25.7 Å². The molecule has 0 aromatic carbocycles. The average Bonchev–Trinajstić information content (AvgIpc) is 3.37. The highest BCUT2D eigenvalue weighted by Gasteiger charge is 2.77. The van der Waals surface area contributed by atoms with E-state index in [0.29, 0.717) is 19.5 Å². The maximum absolute atomic E-state index is 14.2. The van der Waals surface area contributed by atoms with Crippen molar-refractivity contribution in [2.45, 2.75) is 81.9 Å². The van der Waals surface area contributed by atoms with E-state index in [1.54, 1.807) is 27.6 Å². The lowest BCUT2D eigenvalue weighted by Crippen LogP contribution is -2.60. The molecule has 2 bridgehead atoms. The Labute approximate surface area is 202 Å². The molecule has 3 saturated heterocycles.